The fourth-order valence-electron chi connectivity index (χ4n) is 1.75. The number of rotatable bonds is 7. The first-order chi connectivity index (χ1) is 9.02. The summed E-state index contributed by atoms with van der Waals surface area (Å²) < 4.78 is 4.49. The van der Waals surface area contributed by atoms with Crippen LogP contribution in [0.3, 0.4) is 0 Å². The van der Waals surface area contributed by atoms with E-state index in [0.29, 0.717) is 19.0 Å². The van der Waals surface area contributed by atoms with Crippen molar-refractivity contribution in [2.24, 2.45) is 0 Å². The van der Waals surface area contributed by atoms with Gasteiger partial charge in [0.05, 0.1) is 19.6 Å². The van der Waals surface area contributed by atoms with Gasteiger partial charge in [0.25, 0.3) is 0 Å². The standard InChI is InChI=1S/C15H23NO3/c1-11(2)13-6-4-12(5-7-13)9-16-10-14(17)8-15(18)19-3/h4-7,11,14,16-17H,8-10H2,1-3H3. The molecule has 1 unspecified atom stereocenters. The second-order valence-corrected chi connectivity index (χ2v) is 4.96. The van der Waals surface area contributed by atoms with E-state index in [-0.39, 0.29) is 6.42 Å². The molecule has 1 rings (SSSR count). The minimum absolute atomic E-state index is 0.0236. The lowest BCUT2D eigenvalue weighted by Gasteiger charge is -2.11. The Labute approximate surface area is 114 Å². The van der Waals surface area contributed by atoms with Gasteiger partial charge in [0.1, 0.15) is 0 Å². The molecule has 2 N–H and O–H groups in total. The minimum Gasteiger partial charge on any atom is -0.469 e. The van der Waals surface area contributed by atoms with Crippen LogP contribution in [0.4, 0.5) is 0 Å². The van der Waals surface area contributed by atoms with Crippen molar-refractivity contribution < 1.29 is 14.6 Å². The van der Waals surface area contributed by atoms with Crippen LogP contribution in [-0.4, -0.2) is 30.8 Å². The third-order valence-corrected chi connectivity index (χ3v) is 2.99. The molecule has 0 saturated heterocycles. The molecule has 0 saturated carbocycles. The maximum absolute atomic E-state index is 10.9. The van der Waals surface area contributed by atoms with Gasteiger partial charge in [0, 0.05) is 13.1 Å². The smallest absolute Gasteiger partial charge is 0.308 e. The van der Waals surface area contributed by atoms with Crippen LogP contribution in [0.15, 0.2) is 24.3 Å². The Morgan fingerprint density at radius 3 is 2.47 bits per heavy atom. The molecule has 0 aliphatic rings. The van der Waals surface area contributed by atoms with Gasteiger partial charge in [-0.2, -0.15) is 0 Å². The van der Waals surface area contributed by atoms with Gasteiger partial charge in [0.15, 0.2) is 0 Å². The summed E-state index contributed by atoms with van der Waals surface area (Å²) in [7, 11) is 1.32. The van der Waals surface area contributed by atoms with Gasteiger partial charge in [-0.3, -0.25) is 4.79 Å². The predicted molar refractivity (Wildman–Crippen MR) is 74.9 cm³/mol. The van der Waals surface area contributed by atoms with E-state index >= 15 is 0 Å². The Hall–Kier alpha value is -1.39. The van der Waals surface area contributed by atoms with Crippen molar-refractivity contribution in [1.82, 2.24) is 5.32 Å². The average Bonchev–Trinajstić information content (AvgIpc) is 2.39. The van der Waals surface area contributed by atoms with Crippen molar-refractivity contribution in [3.05, 3.63) is 35.4 Å². The van der Waals surface area contributed by atoms with Crippen LogP contribution in [0.5, 0.6) is 0 Å². The van der Waals surface area contributed by atoms with Gasteiger partial charge in [0.2, 0.25) is 0 Å². The van der Waals surface area contributed by atoms with Crippen molar-refractivity contribution in [2.75, 3.05) is 13.7 Å². The Morgan fingerprint density at radius 2 is 1.95 bits per heavy atom. The quantitative estimate of drug-likeness (QED) is 0.738. The highest BCUT2D eigenvalue weighted by atomic mass is 16.5. The van der Waals surface area contributed by atoms with E-state index in [2.05, 4.69) is 48.2 Å². The maximum Gasteiger partial charge on any atom is 0.308 e. The Balaban J connectivity index is 2.31. The van der Waals surface area contributed by atoms with Crippen molar-refractivity contribution in [3.8, 4) is 0 Å². The lowest BCUT2D eigenvalue weighted by molar-refractivity contribution is -0.142. The average molecular weight is 265 g/mol. The van der Waals surface area contributed by atoms with Gasteiger partial charge in [-0.25, -0.2) is 0 Å². The van der Waals surface area contributed by atoms with Crippen LogP contribution in [0, 0.1) is 0 Å². The molecule has 4 heteroatoms. The maximum atomic E-state index is 10.9. The van der Waals surface area contributed by atoms with Crippen LogP contribution in [0.2, 0.25) is 0 Å². The van der Waals surface area contributed by atoms with Gasteiger partial charge in [-0.1, -0.05) is 38.1 Å². The van der Waals surface area contributed by atoms with Gasteiger partial charge in [-0.05, 0) is 17.0 Å². The van der Waals surface area contributed by atoms with E-state index in [9.17, 15) is 9.90 Å². The van der Waals surface area contributed by atoms with Gasteiger partial charge in [-0.15, -0.1) is 0 Å². The highest BCUT2D eigenvalue weighted by Crippen LogP contribution is 2.14. The Bertz CT molecular complexity index is 387. The molecule has 0 aliphatic carbocycles. The molecular formula is C15H23NO3. The third-order valence-electron chi connectivity index (χ3n) is 2.99. The number of carbonyl (C=O) groups excluding carboxylic acids is 1. The second kappa shape index (κ2) is 7.92. The van der Waals surface area contributed by atoms with Crippen LogP contribution in [0.1, 0.15) is 37.3 Å². The van der Waals surface area contributed by atoms with Gasteiger partial charge >= 0.3 is 5.97 Å². The summed E-state index contributed by atoms with van der Waals surface area (Å²) in [6.07, 6.45) is -0.683. The molecule has 0 aromatic heterocycles. The number of aliphatic hydroxyl groups is 1. The molecule has 106 valence electrons. The first kappa shape index (κ1) is 15.7. The molecule has 0 aliphatic heterocycles. The van der Waals surface area contributed by atoms with E-state index in [0.717, 1.165) is 5.56 Å². The summed E-state index contributed by atoms with van der Waals surface area (Å²) in [4.78, 5) is 10.9. The number of hydrogen-bond acceptors (Lipinski definition) is 4. The summed E-state index contributed by atoms with van der Waals surface area (Å²) in [5.74, 6) is 0.138. The molecule has 1 atom stereocenters. The molecule has 0 spiro atoms. The third kappa shape index (κ3) is 5.85. The highest BCUT2D eigenvalue weighted by molar-refractivity contribution is 5.69. The zero-order valence-electron chi connectivity index (χ0n) is 11.8. The topological polar surface area (TPSA) is 58.6 Å². The number of carbonyl (C=O) groups is 1. The zero-order valence-corrected chi connectivity index (χ0v) is 11.8. The Morgan fingerprint density at radius 1 is 1.32 bits per heavy atom. The predicted octanol–water partition coefficient (Wildman–Crippen LogP) is 1.82. The fraction of sp³-hybridized carbons (Fsp3) is 0.533. The molecule has 1 aromatic carbocycles. The van der Waals surface area contributed by atoms with E-state index in [1.807, 2.05) is 0 Å². The zero-order chi connectivity index (χ0) is 14.3. The molecule has 19 heavy (non-hydrogen) atoms. The van der Waals surface area contributed by atoms with Crippen LogP contribution in [-0.2, 0) is 16.1 Å². The van der Waals surface area contributed by atoms with Crippen molar-refractivity contribution in [1.29, 1.82) is 0 Å². The van der Waals surface area contributed by atoms with Crippen molar-refractivity contribution in [2.45, 2.75) is 38.8 Å². The van der Waals surface area contributed by atoms with Crippen molar-refractivity contribution in [3.63, 3.8) is 0 Å². The lowest BCUT2D eigenvalue weighted by atomic mass is 10.0. The number of ether oxygens (including phenoxy) is 1. The summed E-state index contributed by atoms with van der Waals surface area (Å²) in [5.41, 5.74) is 2.48. The summed E-state index contributed by atoms with van der Waals surface area (Å²) in [6, 6.07) is 8.39. The highest BCUT2D eigenvalue weighted by Gasteiger charge is 2.10. The summed E-state index contributed by atoms with van der Waals surface area (Å²) >= 11 is 0. The molecule has 0 amide bonds. The molecule has 0 heterocycles. The largest absolute Gasteiger partial charge is 0.469 e. The van der Waals surface area contributed by atoms with Crippen LogP contribution >= 0.6 is 0 Å². The van der Waals surface area contributed by atoms with Gasteiger partial charge < -0.3 is 15.2 Å². The number of esters is 1. The normalized spacial score (nSPS) is 12.5. The fourth-order valence-corrected chi connectivity index (χ4v) is 1.75. The lowest BCUT2D eigenvalue weighted by Crippen LogP contribution is -2.28. The molecule has 1 aromatic rings. The molecule has 0 radical (unpaired) electrons. The van der Waals surface area contributed by atoms with E-state index in [1.54, 1.807) is 0 Å². The first-order valence-corrected chi connectivity index (χ1v) is 6.57. The van der Waals surface area contributed by atoms with Crippen LogP contribution in [0.25, 0.3) is 0 Å². The molecule has 0 fully saturated rings. The number of benzene rings is 1. The van der Waals surface area contributed by atoms with Crippen molar-refractivity contribution >= 4 is 5.97 Å². The first-order valence-electron chi connectivity index (χ1n) is 6.57. The van der Waals surface area contributed by atoms with Crippen LogP contribution < -0.4 is 5.32 Å². The summed E-state index contributed by atoms with van der Waals surface area (Å²) in [5, 5.41) is 12.7. The summed E-state index contributed by atoms with van der Waals surface area (Å²) in [6.45, 7) is 5.38. The van der Waals surface area contributed by atoms with E-state index in [4.69, 9.17) is 0 Å². The second-order valence-electron chi connectivity index (χ2n) is 4.96. The minimum atomic E-state index is -0.706. The molecule has 0 bridgehead atoms. The van der Waals surface area contributed by atoms with E-state index < -0.39 is 12.1 Å². The Kier molecular flexibility index (Phi) is 6.53. The van der Waals surface area contributed by atoms with E-state index in [1.165, 1.54) is 12.7 Å². The monoisotopic (exact) mass is 265 g/mol. The molecular weight excluding hydrogens is 242 g/mol. The SMILES string of the molecule is COC(=O)CC(O)CNCc1ccc(C(C)C)cc1. The number of hydrogen-bond donors (Lipinski definition) is 2. The number of nitrogens with one attached hydrogen (secondary N) is 1. The molecule has 4 nitrogen and oxygen atoms in total. The number of aliphatic hydroxyl groups excluding tert-OH is 1. The number of methoxy groups -OCH3 is 1.